The molecular weight excluding hydrogens is 292 g/mol. The quantitative estimate of drug-likeness (QED) is 0.841. The molecule has 124 valence electrons. The van der Waals surface area contributed by atoms with Gasteiger partial charge in [0.15, 0.2) is 6.61 Å². The van der Waals surface area contributed by atoms with Crippen LogP contribution >= 0.6 is 0 Å². The van der Waals surface area contributed by atoms with Crippen LogP contribution in [0.1, 0.15) is 39.2 Å². The molecule has 0 spiro atoms. The molecule has 0 bridgehead atoms. The molecule has 2 amide bonds. The second-order valence-corrected chi connectivity index (χ2v) is 7.29. The van der Waals surface area contributed by atoms with Gasteiger partial charge in [-0.05, 0) is 36.0 Å². The minimum Gasteiger partial charge on any atom is -0.482 e. The summed E-state index contributed by atoms with van der Waals surface area (Å²) in [5, 5.41) is 0. The second-order valence-electron chi connectivity index (χ2n) is 7.29. The number of carbonyl (C=O) groups excluding carboxylic acids is 2. The topological polar surface area (TPSA) is 49.9 Å². The van der Waals surface area contributed by atoms with Gasteiger partial charge in [0.2, 0.25) is 5.91 Å². The normalized spacial score (nSPS) is 18.0. The molecular formula is C18H24N2O3. The number of hydrogen-bond donors (Lipinski definition) is 0. The van der Waals surface area contributed by atoms with Crippen molar-refractivity contribution >= 4 is 17.5 Å². The first-order valence-corrected chi connectivity index (χ1v) is 8.22. The van der Waals surface area contributed by atoms with Gasteiger partial charge < -0.3 is 9.64 Å². The fourth-order valence-electron chi connectivity index (χ4n) is 3.05. The molecule has 0 saturated carbocycles. The summed E-state index contributed by atoms with van der Waals surface area (Å²) in [6.07, 6.45) is 2.10. The van der Waals surface area contributed by atoms with E-state index in [4.69, 9.17) is 4.74 Å². The zero-order valence-electron chi connectivity index (χ0n) is 14.1. The maximum absolute atomic E-state index is 12.4. The van der Waals surface area contributed by atoms with Crippen molar-refractivity contribution in [3.05, 3.63) is 23.8 Å². The largest absolute Gasteiger partial charge is 0.482 e. The first-order chi connectivity index (χ1) is 10.9. The lowest BCUT2D eigenvalue weighted by Gasteiger charge is -2.31. The van der Waals surface area contributed by atoms with E-state index < -0.39 is 0 Å². The van der Waals surface area contributed by atoms with E-state index in [2.05, 4.69) is 20.8 Å². The van der Waals surface area contributed by atoms with Crippen molar-refractivity contribution in [1.29, 1.82) is 0 Å². The highest BCUT2D eigenvalue weighted by molar-refractivity contribution is 6.02. The molecule has 0 N–H and O–H groups in total. The maximum Gasteiger partial charge on any atom is 0.265 e. The average molecular weight is 316 g/mol. The third-order valence-electron chi connectivity index (χ3n) is 4.52. The first kappa shape index (κ1) is 15.8. The maximum atomic E-state index is 12.4. The predicted molar refractivity (Wildman–Crippen MR) is 88.8 cm³/mol. The molecule has 1 aromatic carbocycles. The van der Waals surface area contributed by atoms with Crippen molar-refractivity contribution in [2.45, 2.75) is 39.0 Å². The summed E-state index contributed by atoms with van der Waals surface area (Å²) in [6.45, 7) is 8.10. The van der Waals surface area contributed by atoms with Gasteiger partial charge in [0.05, 0.1) is 5.69 Å². The first-order valence-electron chi connectivity index (χ1n) is 8.22. The van der Waals surface area contributed by atoms with Gasteiger partial charge in [-0.2, -0.15) is 0 Å². The van der Waals surface area contributed by atoms with Crippen LogP contribution in [-0.2, 0) is 15.0 Å². The number of anilines is 1. The molecule has 0 aliphatic carbocycles. The summed E-state index contributed by atoms with van der Waals surface area (Å²) in [4.78, 5) is 28.0. The molecule has 1 fully saturated rings. The molecule has 3 rings (SSSR count). The van der Waals surface area contributed by atoms with Crippen molar-refractivity contribution in [3.63, 3.8) is 0 Å². The van der Waals surface area contributed by atoms with Crippen LogP contribution < -0.4 is 9.64 Å². The Kier molecular flexibility index (Phi) is 4.04. The van der Waals surface area contributed by atoms with E-state index in [0.717, 1.165) is 31.5 Å². The Labute approximate surface area is 137 Å². The minimum atomic E-state index is -0.159. The fourth-order valence-corrected chi connectivity index (χ4v) is 3.05. The van der Waals surface area contributed by atoms with E-state index in [9.17, 15) is 9.59 Å². The molecule has 2 aliphatic heterocycles. The zero-order chi connectivity index (χ0) is 16.6. The van der Waals surface area contributed by atoms with E-state index in [1.165, 1.54) is 0 Å². The molecule has 1 saturated heterocycles. The standard InChI is InChI=1S/C18H24N2O3/c1-18(2,3)13-6-7-14-15(10-13)23-12-17(22)20(14)11-16(21)19-8-4-5-9-19/h6-7,10H,4-5,8-9,11-12H2,1-3H3. The lowest BCUT2D eigenvalue weighted by molar-refractivity contribution is -0.131. The Morgan fingerprint density at radius 2 is 1.91 bits per heavy atom. The van der Waals surface area contributed by atoms with Crippen LogP contribution in [0.25, 0.3) is 0 Å². The van der Waals surface area contributed by atoms with Gasteiger partial charge in [-0.1, -0.05) is 26.8 Å². The SMILES string of the molecule is CC(C)(C)c1ccc2c(c1)OCC(=O)N2CC(=O)N1CCCC1. The highest BCUT2D eigenvalue weighted by Gasteiger charge is 2.30. The van der Waals surface area contributed by atoms with Crippen LogP contribution in [-0.4, -0.2) is 43.0 Å². The van der Waals surface area contributed by atoms with E-state index in [0.29, 0.717) is 11.4 Å². The third kappa shape index (κ3) is 3.19. The van der Waals surface area contributed by atoms with Crippen LogP contribution in [0, 0.1) is 0 Å². The smallest absolute Gasteiger partial charge is 0.265 e. The number of hydrogen-bond acceptors (Lipinski definition) is 3. The van der Waals surface area contributed by atoms with Crippen molar-refractivity contribution in [2.75, 3.05) is 31.1 Å². The second kappa shape index (κ2) is 5.87. The number of rotatable bonds is 2. The van der Waals surface area contributed by atoms with Gasteiger partial charge in [0.1, 0.15) is 12.3 Å². The highest BCUT2D eigenvalue weighted by Crippen LogP contribution is 2.36. The molecule has 0 aromatic heterocycles. The highest BCUT2D eigenvalue weighted by atomic mass is 16.5. The van der Waals surface area contributed by atoms with Gasteiger partial charge in [-0.25, -0.2) is 0 Å². The summed E-state index contributed by atoms with van der Waals surface area (Å²) in [6, 6.07) is 5.88. The Balaban J connectivity index is 1.84. The molecule has 1 aromatic rings. The molecule has 0 unspecified atom stereocenters. The molecule has 23 heavy (non-hydrogen) atoms. The van der Waals surface area contributed by atoms with Crippen molar-refractivity contribution in [2.24, 2.45) is 0 Å². The summed E-state index contributed by atoms with van der Waals surface area (Å²) < 4.78 is 5.59. The van der Waals surface area contributed by atoms with Gasteiger partial charge in [0, 0.05) is 13.1 Å². The Morgan fingerprint density at radius 1 is 1.22 bits per heavy atom. The van der Waals surface area contributed by atoms with Crippen LogP contribution in [0.15, 0.2) is 18.2 Å². The molecule has 0 radical (unpaired) electrons. The lowest BCUT2D eigenvalue weighted by Crippen LogP contribution is -2.45. The third-order valence-corrected chi connectivity index (χ3v) is 4.52. The number of likely N-dealkylation sites (tertiary alicyclic amines) is 1. The number of fused-ring (bicyclic) bond motifs is 1. The summed E-state index contributed by atoms with van der Waals surface area (Å²) in [5.41, 5.74) is 1.86. The fraction of sp³-hybridized carbons (Fsp3) is 0.556. The molecule has 5 nitrogen and oxygen atoms in total. The number of ether oxygens (including phenoxy) is 1. The van der Waals surface area contributed by atoms with Crippen LogP contribution in [0.4, 0.5) is 5.69 Å². The Morgan fingerprint density at radius 3 is 2.57 bits per heavy atom. The summed E-state index contributed by atoms with van der Waals surface area (Å²) >= 11 is 0. The summed E-state index contributed by atoms with van der Waals surface area (Å²) in [5.74, 6) is 0.545. The number of carbonyl (C=O) groups is 2. The van der Waals surface area contributed by atoms with Crippen LogP contribution in [0.5, 0.6) is 5.75 Å². The lowest BCUT2D eigenvalue weighted by atomic mass is 9.86. The Hall–Kier alpha value is -2.04. The number of amides is 2. The monoisotopic (exact) mass is 316 g/mol. The molecule has 2 heterocycles. The van der Waals surface area contributed by atoms with Crippen LogP contribution in [0.3, 0.4) is 0 Å². The number of benzene rings is 1. The predicted octanol–water partition coefficient (Wildman–Crippen LogP) is 2.33. The van der Waals surface area contributed by atoms with Gasteiger partial charge in [-0.15, -0.1) is 0 Å². The van der Waals surface area contributed by atoms with Crippen LogP contribution in [0.2, 0.25) is 0 Å². The number of nitrogens with zero attached hydrogens (tertiary/aromatic N) is 2. The van der Waals surface area contributed by atoms with Gasteiger partial charge >= 0.3 is 0 Å². The molecule has 2 aliphatic rings. The summed E-state index contributed by atoms with van der Waals surface area (Å²) in [7, 11) is 0. The average Bonchev–Trinajstić information content (AvgIpc) is 3.03. The Bertz CT molecular complexity index is 628. The van der Waals surface area contributed by atoms with Crippen molar-refractivity contribution in [3.8, 4) is 5.75 Å². The zero-order valence-corrected chi connectivity index (χ0v) is 14.1. The van der Waals surface area contributed by atoms with Gasteiger partial charge in [-0.3, -0.25) is 14.5 Å². The molecule has 5 heteroatoms. The molecule has 0 atom stereocenters. The van der Waals surface area contributed by atoms with Crippen molar-refractivity contribution < 1.29 is 14.3 Å². The van der Waals surface area contributed by atoms with E-state index in [1.807, 2.05) is 23.1 Å². The van der Waals surface area contributed by atoms with E-state index in [-0.39, 0.29) is 30.4 Å². The van der Waals surface area contributed by atoms with E-state index in [1.54, 1.807) is 4.90 Å². The van der Waals surface area contributed by atoms with Crippen molar-refractivity contribution in [1.82, 2.24) is 4.90 Å². The van der Waals surface area contributed by atoms with Gasteiger partial charge in [0.25, 0.3) is 5.91 Å². The minimum absolute atomic E-state index is 0.00608. The van der Waals surface area contributed by atoms with E-state index >= 15 is 0 Å².